The fourth-order valence-corrected chi connectivity index (χ4v) is 2.00. The highest BCUT2D eigenvalue weighted by atomic mass is 79.9. The fraction of sp³-hybridized carbons (Fsp3) is 0.182. The van der Waals surface area contributed by atoms with Crippen LogP contribution in [-0.4, -0.2) is 22.6 Å². The first kappa shape index (κ1) is 13.1. The van der Waals surface area contributed by atoms with E-state index in [1.165, 1.54) is 6.39 Å². The van der Waals surface area contributed by atoms with Gasteiger partial charge in [0, 0.05) is 22.3 Å². The molecule has 7 heteroatoms. The Kier molecular flexibility index (Phi) is 4.38. The number of benzene rings is 1. The molecule has 5 nitrogen and oxygen atoms in total. The first-order valence-corrected chi connectivity index (χ1v) is 6.43. The monoisotopic (exact) mass is 327 g/mol. The van der Waals surface area contributed by atoms with Gasteiger partial charge in [-0.1, -0.05) is 5.16 Å². The Morgan fingerprint density at radius 1 is 1.50 bits per heavy atom. The fourth-order valence-electron chi connectivity index (χ4n) is 1.37. The number of nitrogens with one attached hydrogen (secondary N) is 1. The zero-order chi connectivity index (χ0) is 13.0. The number of carbonyl (C=O) groups is 1. The van der Waals surface area contributed by atoms with Gasteiger partial charge in [0.05, 0.1) is 5.56 Å². The molecule has 0 aliphatic rings. The maximum absolute atomic E-state index is 11.9. The summed E-state index contributed by atoms with van der Waals surface area (Å²) in [6.07, 6.45) is 1.79. The van der Waals surface area contributed by atoms with Crippen LogP contribution in [0.3, 0.4) is 0 Å². The van der Waals surface area contributed by atoms with E-state index >= 15 is 0 Å². The van der Waals surface area contributed by atoms with E-state index in [2.05, 4.69) is 48.5 Å². The third-order valence-electron chi connectivity index (χ3n) is 2.24. The van der Waals surface area contributed by atoms with Crippen molar-refractivity contribution in [3.63, 3.8) is 0 Å². The number of thiol groups is 1. The van der Waals surface area contributed by atoms with Crippen LogP contribution in [-0.2, 0) is 6.42 Å². The first-order valence-electron chi connectivity index (χ1n) is 5.19. The molecule has 0 unspecified atom stereocenters. The third-order valence-corrected chi connectivity index (χ3v) is 3.21. The lowest BCUT2D eigenvalue weighted by Gasteiger charge is -2.06. The molecule has 0 saturated heterocycles. The van der Waals surface area contributed by atoms with Gasteiger partial charge in [-0.3, -0.25) is 4.79 Å². The molecule has 0 bridgehead atoms. The van der Waals surface area contributed by atoms with E-state index in [0.717, 1.165) is 9.37 Å². The van der Waals surface area contributed by atoms with Crippen LogP contribution in [0.2, 0.25) is 0 Å². The van der Waals surface area contributed by atoms with Gasteiger partial charge in [0.15, 0.2) is 5.82 Å². The van der Waals surface area contributed by atoms with E-state index in [1.807, 2.05) is 6.07 Å². The second kappa shape index (κ2) is 6.01. The summed E-state index contributed by atoms with van der Waals surface area (Å²) in [7, 11) is 0. The number of rotatable bonds is 4. The van der Waals surface area contributed by atoms with Crippen LogP contribution in [0.4, 0.5) is 0 Å². The highest BCUT2D eigenvalue weighted by molar-refractivity contribution is 9.10. The second-order valence-corrected chi connectivity index (χ2v) is 4.89. The Balaban J connectivity index is 1.93. The molecule has 1 N–H and O–H groups in total. The Labute approximate surface area is 118 Å². The molecular weight excluding hydrogens is 318 g/mol. The van der Waals surface area contributed by atoms with Gasteiger partial charge in [-0.25, -0.2) is 0 Å². The molecule has 1 aromatic heterocycles. The lowest BCUT2D eigenvalue weighted by molar-refractivity contribution is 0.0953. The Morgan fingerprint density at radius 3 is 3.06 bits per heavy atom. The van der Waals surface area contributed by atoms with Gasteiger partial charge in [-0.05, 0) is 34.1 Å². The Hall–Kier alpha value is -1.34. The van der Waals surface area contributed by atoms with Crippen LogP contribution in [0, 0.1) is 0 Å². The number of hydrogen-bond donors (Lipinski definition) is 2. The van der Waals surface area contributed by atoms with Gasteiger partial charge in [0.1, 0.15) is 0 Å². The van der Waals surface area contributed by atoms with Crippen molar-refractivity contribution < 1.29 is 9.32 Å². The third kappa shape index (κ3) is 3.33. The predicted molar refractivity (Wildman–Crippen MR) is 71.7 cm³/mol. The molecular formula is C11H10BrN3O2S. The summed E-state index contributed by atoms with van der Waals surface area (Å²) < 4.78 is 5.33. The molecule has 2 aromatic rings. The zero-order valence-corrected chi connectivity index (χ0v) is 11.7. The van der Waals surface area contributed by atoms with Gasteiger partial charge < -0.3 is 9.84 Å². The Morgan fingerprint density at radius 2 is 2.33 bits per heavy atom. The van der Waals surface area contributed by atoms with Crippen molar-refractivity contribution in [3.8, 4) is 0 Å². The van der Waals surface area contributed by atoms with Crippen LogP contribution in [0.25, 0.3) is 0 Å². The number of hydrogen-bond acceptors (Lipinski definition) is 5. The van der Waals surface area contributed by atoms with E-state index in [9.17, 15) is 4.79 Å². The van der Waals surface area contributed by atoms with Crippen LogP contribution >= 0.6 is 28.6 Å². The molecule has 2 rings (SSSR count). The lowest BCUT2D eigenvalue weighted by atomic mass is 10.2. The summed E-state index contributed by atoms with van der Waals surface area (Å²) in [5, 5.41) is 6.44. The minimum absolute atomic E-state index is 0.165. The SMILES string of the molecule is O=C(NCCc1ncon1)c1cc(S)ccc1Br. The Bertz CT molecular complexity index is 545. The van der Waals surface area contributed by atoms with Crippen LogP contribution in [0.15, 0.2) is 38.5 Å². The quantitative estimate of drug-likeness (QED) is 0.844. The number of carbonyl (C=O) groups excluding carboxylic acids is 1. The van der Waals surface area contributed by atoms with Crippen molar-refractivity contribution in [1.82, 2.24) is 15.5 Å². The molecule has 1 amide bonds. The predicted octanol–water partition coefficient (Wildman–Crippen LogP) is 2.09. The lowest BCUT2D eigenvalue weighted by Crippen LogP contribution is -2.26. The molecule has 0 saturated carbocycles. The van der Waals surface area contributed by atoms with E-state index < -0.39 is 0 Å². The molecule has 0 atom stereocenters. The van der Waals surface area contributed by atoms with Crippen LogP contribution in [0.1, 0.15) is 16.2 Å². The first-order chi connectivity index (χ1) is 8.66. The van der Waals surface area contributed by atoms with Crippen molar-refractivity contribution in [3.05, 3.63) is 40.5 Å². The van der Waals surface area contributed by atoms with Crippen molar-refractivity contribution in [2.75, 3.05) is 6.54 Å². The average Bonchev–Trinajstić information content (AvgIpc) is 2.85. The van der Waals surface area contributed by atoms with Crippen molar-refractivity contribution in [1.29, 1.82) is 0 Å². The summed E-state index contributed by atoms with van der Waals surface area (Å²) in [5.74, 6) is 0.401. The molecule has 0 spiro atoms. The van der Waals surface area contributed by atoms with Crippen molar-refractivity contribution in [2.24, 2.45) is 0 Å². The smallest absolute Gasteiger partial charge is 0.252 e. The maximum atomic E-state index is 11.9. The molecule has 0 radical (unpaired) electrons. The summed E-state index contributed by atoms with van der Waals surface area (Å²) in [6.45, 7) is 0.446. The summed E-state index contributed by atoms with van der Waals surface area (Å²) in [4.78, 5) is 16.5. The van der Waals surface area contributed by atoms with E-state index in [1.54, 1.807) is 12.1 Å². The zero-order valence-electron chi connectivity index (χ0n) is 9.26. The van der Waals surface area contributed by atoms with Gasteiger partial charge in [-0.2, -0.15) is 4.98 Å². The molecule has 1 heterocycles. The van der Waals surface area contributed by atoms with Crippen LogP contribution < -0.4 is 5.32 Å². The number of nitrogens with zero attached hydrogens (tertiary/aromatic N) is 2. The molecule has 0 aliphatic carbocycles. The topological polar surface area (TPSA) is 68.0 Å². The van der Waals surface area contributed by atoms with E-state index in [-0.39, 0.29) is 5.91 Å². The standard InChI is InChI=1S/C11H10BrN3O2S/c12-9-2-1-7(18)5-8(9)11(16)13-4-3-10-14-6-17-15-10/h1-2,5-6,18H,3-4H2,(H,13,16). The van der Waals surface area contributed by atoms with Gasteiger partial charge in [0.2, 0.25) is 6.39 Å². The highest BCUT2D eigenvalue weighted by Gasteiger charge is 2.10. The van der Waals surface area contributed by atoms with Gasteiger partial charge in [0.25, 0.3) is 5.91 Å². The average molecular weight is 328 g/mol. The maximum Gasteiger partial charge on any atom is 0.252 e. The molecule has 0 aliphatic heterocycles. The van der Waals surface area contributed by atoms with Gasteiger partial charge >= 0.3 is 0 Å². The molecule has 0 fully saturated rings. The minimum atomic E-state index is -0.165. The van der Waals surface area contributed by atoms with E-state index in [4.69, 9.17) is 0 Å². The van der Waals surface area contributed by atoms with Gasteiger partial charge in [-0.15, -0.1) is 12.6 Å². The number of halogens is 1. The molecule has 1 aromatic carbocycles. The van der Waals surface area contributed by atoms with Crippen molar-refractivity contribution >= 4 is 34.5 Å². The van der Waals surface area contributed by atoms with Crippen LogP contribution in [0.5, 0.6) is 0 Å². The highest BCUT2D eigenvalue weighted by Crippen LogP contribution is 2.20. The summed E-state index contributed by atoms with van der Waals surface area (Å²) >= 11 is 7.53. The normalized spacial score (nSPS) is 10.3. The summed E-state index contributed by atoms with van der Waals surface area (Å²) in [6, 6.07) is 5.30. The van der Waals surface area contributed by atoms with E-state index in [0.29, 0.717) is 24.4 Å². The molecule has 18 heavy (non-hydrogen) atoms. The largest absolute Gasteiger partial charge is 0.352 e. The second-order valence-electron chi connectivity index (χ2n) is 3.52. The summed E-state index contributed by atoms with van der Waals surface area (Å²) in [5.41, 5.74) is 0.551. The minimum Gasteiger partial charge on any atom is -0.352 e. The number of amides is 1. The molecule has 94 valence electrons. The number of aromatic nitrogens is 2. The van der Waals surface area contributed by atoms with Crippen molar-refractivity contribution in [2.45, 2.75) is 11.3 Å².